The molecule has 0 aromatic heterocycles. The molecule has 0 heterocycles. The molecule has 0 aliphatic carbocycles. The van der Waals surface area contributed by atoms with Gasteiger partial charge in [0.1, 0.15) is 0 Å². The second kappa shape index (κ2) is 6.96. The Hall–Kier alpha value is -2.82. The number of nitrogens with one attached hydrogen (secondary N) is 1. The van der Waals surface area contributed by atoms with Crippen molar-refractivity contribution in [2.24, 2.45) is 0 Å². The highest BCUT2D eigenvalue weighted by Gasteiger charge is 2.14. The van der Waals surface area contributed by atoms with Gasteiger partial charge in [0.25, 0.3) is 5.91 Å². The van der Waals surface area contributed by atoms with Gasteiger partial charge in [0, 0.05) is 11.4 Å². The fraction of sp³-hybridized carbons (Fsp3) is 0.222. The Kier molecular flexibility index (Phi) is 5.01. The number of hydrogen-bond donors (Lipinski definition) is 2. The summed E-state index contributed by atoms with van der Waals surface area (Å²) in [5.41, 5.74) is 9.97. The van der Waals surface area contributed by atoms with E-state index in [-0.39, 0.29) is 12.2 Å². The maximum atomic E-state index is 12.0. The van der Waals surface area contributed by atoms with E-state index in [9.17, 15) is 9.59 Å². The number of nitrogens with two attached hydrogens (primary N) is 1. The van der Waals surface area contributed by atoms with Crippen LogP contribution in [0, 0.1) is 20.8 Å². The minimum absolute atomic E-state index is 0.268. The Bertz CT molecular complexity index is 754. The van der Waals surface area contributed by atoms with Crippen LogP contribution in [0.2, 0.25) is 0 Å². The van der Waals surface area contributed by atoms with E-state index in [1.54, 1.807) is 25.1 Å². The lowest BCUT2D eigenvalue weighted by Crippen LogP contribution is -2.22. The van der Waals surface area contributed by atoms with Crippen molar-refractivity contribution in [2.45, 2.75) is 20.8 Å². The Morgan fingerprint density at radius 1 is 1.09 bits per heavy atom. The largest absolute Gasteiger partial charge is 0.452 e. The number of carbonyl (C=O) groups excluding carboxylic acids is 2. The Morgan fingerprint density at radius 2 is 1.83 bits per heavy atom. The number of ether oxygens (including phenoxy) is 1. The van der Waals surface area contributed by atoms with Crippen molar-refractivity contribution in [3.8, 4) is 0 Å². The van der Waals surface area contributed by atoms with E-state index in [4.69, 9.17) is 10.5 Å². The van der Waals surface area contributed by atoms with E-state index in [1.807, 2.05) is 32.0 Å². The van der Waals surface area contributed by atoms with Gasteiger partial charge in [0.15, 0.2) is 6.61 Å². The molecule has 2 aromatic rings. The highest BCUT2D eigenvalue weighted by molar-refractivity contribution is 5.98. The summed E-state index contributed by atoms with van der Waals surface area (Å²) in [6.45, 7) is 5.28. The molecule has 0 saturated heterocycles. The van der Waals surface area contributed by atoms with Gasteiger partial charge >= 0.3 is 5.97 Å². The Labute approximate surface area is 135 Å². The molecule has 0 unspecified atom stereocenters. The van der Waals surface area contributed by atoms with Gasteiger partial charge in [-0.1, -0.05) is 24.3 Å². The van der Waals surface area contributed by atoms with Crippen molar-refractivity contribution in [1.82, 2.24) is 0 Å². The summed E-state index contributed by atoms with van der Waals surface area (Å²) in [6.07, 6.45) is 0. The van der Waals surface area contributed by atoms with E-state index >= 15 is 0 Å². The van der Waals surface area contributed by atoms with Gasteiger partial charge in [-0.15, -0.1) is 0 Å². The van der Waals surface area contributed by atoms with Crippen LogP contribution in [0.5, 0.6) is 0 Å². The molecular weight excluding hydrogens is 292 g/mol. The number of hydrogen-bond acceptors (Lipinski definition) is 4. The third-order valence-electron chi connectivity index (χ3n) is 3.55. The molecule has 5 heteroatoms. The van der Waals surface area contributed by atoms with Crippen molar-refractivity contribution < 1.29 is 14.3 Å². The number of nitrogen functional groups attached to an aromatic ring is 1. The number of anilines is 2. The fourth-order valence-corrected chi connectivity index (χ4v) is 2.12. The van der Waals surface area contributed by atoms with Gasteiger partial charge in [-0.05, 0) is 49.6 Å². The van der Waals surface area contributed by atoms with Crippen LogP contribution in [-0.4, -0.2) is 18.5 Å². The molecule has 0 fully saturated rings. The molecule has 0 aliphatic rings. The molecule has 0 atom stereocenters. The number of benzene rings is 2. The average Bonchev–Trinajstić information content (AvgIpc) is 2.51. The van der Waals surface area contributed by atoms with E-state index in [0.29, 0.717) is 11.4 Å². The highest BCUT2D eigenvalue weighted by Crippen LogP contribution is 2.18. The molecule has 23 heavy (non-hydrogen) atoms. The van der Waals surface area contributed by atoms with E-state index < -0.39 is 11.9 Å². The number of esters is 1. The second-order valence-corrected chi connectivity index (χ2v) is 5.48. The summed E-state index contributed by atoms with van der Waals surface area (Å²) in [5, 5.41) is 2.74. The van der Waals surface area contributed by atoms with Gasteiger partial charge in [0.05, 0.1) is 5.56 Å². The molecule has 1 amide bonds. The molecule has 0 aliphatic heterocycles. The van der Waals surface area contributed by atoms with E-state index in [0.717, 1.165) is 16.7 Å². The van der Waals surface area contributed by atoms with Crippen molar-refractivity contribution in [3.63, 3.8) is 0 Å². The first-order valence-electron chi connectivity index (χ1n) is 7.28. The van der Waals surface area contributed by atoms with Crippen LogP contribution in [-0.2, 0) is 9.53 Å². The van der Waals surface area contributed by atoms with Gasteiger partial charge in [0.2, 0.25) is 0 Å². The van der Waals surface area contributed by atoms with Crippen LogP contribution in [0.25, 0.3) is 0 Å². The summed E-state index contributed by atoms with van der Waals surface area (Å²) >= 11 is 0. The zero-order chi connectivity index (χ0) is 17.0. The van der Waals surface area contributed by atoms with Gasteiger partial charge in [-0.3, -0.25) is 4.79 Å². The van der Waals surface area contributed by atoms with Gasteiger partial charge in [-0.25, -0.2) is 4.79 Å². The lowest BCUT2D eigenvalue weighted by atomic mass is 10.1. The van der Waals surface area contributed by atoms with Crippen LogP contribution < -0.4 is 11.1 Å². The lowest BCUT2D eigenvalue weighted by Gasteiger charge is -2.11. The van der Waals surface area contributed by atoms with E-state index in [1.165, 1.54) is 0 Å². The molecule has 5 nitrogen and oxygen atoms in total. The normalized spacial score (nSPS) is 10.2. The Morgan fingerprint density at radius 3 is 2.57 bits per heavy atom. The van der Waals surface area contributed by atoms with Crippen molar-refractivity contribution >= 4 is 23.3 Å². The SMILES string of the molecule is Cc1ccc(C)c(NC(=O)COC(=O)c2cccc(C)c2N)c1. The summed E-state index contributed by atoms with van der Waals surface area (Å²) in [5.74, 6) is -0.999. The molecule has 2 aromatic carbocycles. The molecular formula is C18H20N2O3. The zero-order valence-corrected chi connectivity index (χ0v) is 13.5. The van der Waals surface area contributed by atoms with Gasteiger partial charge < -0.3 is 15.8 Å². The minimum Gasteiger partial charge on any atom is -0.452 e. The highest BCUT2D eigenvalue weighted by atomic mass is 16.5. The summed E-state index contributed by atoms with van der Waals surface area (Å²) < 4.78 is 5.04. The smallest absolute Gasteiger partial charge is 0.340 e. The van der Waals surface area contributed by atoms with Crippen molar-refractivity contribution in [3.05, 3.63) is 58.7 Å². The third kappa shape index (κ3) is 4.10. The maximum Gasteiger partial charge on any atom is 0.340 e. The molecule has 3 N–H and O–H groups in total. The number of para-hydroxylation sites is 1. The number of rotatable bonds is 4. The Balaban J connectivity index is 1.98. The summed E-state index contributed by atoms with van der Waals surface area (Å²) in [4.78, 5) is 24.0. The fourth-order valence-electron chi connectivity index (χ4n) is 2.12. The predicted octanol–water partition coefficient (Wildman–Crippen LogP) is 2.99. The first-order chi connectivity index (χ1) is 10.9. The lowest BCUT2D eigenvalue weighted by molar-refractivity contribution is -0.119. The molecule has 0 saturated carbocycles. The topological polar surface area (TPSA) is 81.4 Å². The molecule has 0 spiro atoms. The summed E-state index contributed by atoms with van der Waals surface area (Å²) in [6, 6.07) is 10.9. The average molecular weight is 312 g/mol. The minimum atomic E-state index is -0.609. The predicted molar refractivity (Wildman–Crippen MR) is 90.4 cm³/mol. The number of carbonyl (C=O) groups is 2. The monoisotopic (exact) mass is 312 g/mol. The zero-order valence-electron chi connectivity index (χ0n) is 13.5. The summed E-state index contributed by atoms with van der Waals surface area (Å²) in [7, 11) is 0. The van der Waals surface area contributed by atoms with Crippen LogP contribution in [0.3, 0.4) is 0 Å². The first kappa shape index (κ1) is 16.5. The number of amides is 1. The van der Waals surface area contributed by atoms with Crippen LogP contribution in [0.15, 0.2) is 36.4 Å². The van der Waals surface area contributed by atoms with E-state index in [2.05, 4.69) is 5.32 Å². The quantitative estimate of drug-likeness (QED) is 0.671. The molecule has 0 radical (unpaired) electrons. The molecule has 2 rings (SSSR count). The first-order valence-corrected chi connectivity index (χ1v) is 7.28. The van der Waals surface area contributed by atoms with Crippen molar-refractivity contribution in [1.29, 1.82) is 0 Å². The molecule has 0 bridgehead atoms. The van der Waals surface area contributed by atoms with Crippen molar-refractivity contribution in [2.75, 3.05) is 17.7 Å². The van der Waals surface area contributed by atoms with Crippen LogP contribution >= 0.6 is 0 Å². The number of aryl methyl sites for hydroxylation is 3. The standard InChI is InChI=1S/C18H20N2O3/c1-11-7-8-12(2)15(9-11)20-16(21)10-23-18(22)14-6-4-5-13(3)17(14)19/h4-9H,10,19H2,1-3H3,(H,20,21). The maximum absolute atomic E-state index is 12.0. The second-order valence-electron chi connectivity index (χ2n) is 5.48. The molecule has 120 valence electrons. The van der Waals surface area contributed by atoms with Gasteiger partial charge in [-0.2, -0.15) is 0 Å². The van der Waals surface area contributed by atoms with Crippen LogP contribution in [0.4, 0.5) is 11.4 Å². The third-order valence-corrected chi connectivity index (χ3v) is 3.55. The van der Waals surface area contributed by atoms with Crippen LogP contribution in [0.1, 0.15) is 27.0 Å².